The van der Waals surface area contributed by atoms with E-state index in [0.29, 0.717) is 24.5 Å². The van der Waals surface area contributed by atoms with Crippen molar-refractivity contribution < 1.29 is 24.2 Å². The summed E-state index contributed by atoms with van der Waals surface area (Å²) >= 11 is 0. The fourth-order valence-electron chi connectivity index (χ4n) is 3.08. The Morgan fingerprint density at radius 1 is 1.26 bits per heavy atom. The Labute approximate surface area is 134 Å². The summed E-state index contributed by atoms with van der Waals surface area (Å²) in [6.07, 6.45) is 0.137. The standard InChI is InChI=1S/C16H20N2O5/c17-15(20)3-4-16(21)18-6-5-11(12(19)8-18)10-1-2-13-14(7-10)23-9-22-13/h1-2,7,11-12,19H,3-6,8-9H2,(H2,17,20)/t11-,12+/m1/s1. The molecule has 7 heteroatoms. The van der Waals surface area contributed by atoms with Crippen molar-refractivity contribution in [2.75, 3.05) is 19.9 Å². The lowest BCUT2D eigenvalue weighted by Crippen LogP contribution is -2.45. The number of piperidine rings is 1. The third kappa shape index (κ3) is 3.39. The van der Waals surface area contributed by atoms with Gasteiger partial charge >= 0.3 is 0 Å². The van der Waals surface area contributed by atoms with Gasteiger partial charge in [0, 0.05) is 31.8 Å². The van der Waals surface area contributed by atoms with E-state index in [9.17, 15) is 14.7 Å². The van der Waals surface area contributed by atoms with Gasteiger partial charge in [-0.25, -0.2) is 0 Å². The number of nitrogens with zero attached hydrogens (tertiary/aromatic N) is 1. The molecule has 0 aliphatic carbocycles. The summed E-state index contributed by atoms with van der Waals surface area (Å²) in [5.41, 5.74) is 6.04. The fourth-order valence-corrected chi connectivity index (χ4v) is 3.08. The first-order valence-corrected chi connectivity index (χ1v) is 7.68. The molecule has 0 unspecified atom stereocenters. The molecule has 1 saturated heterocycles. The highest BCUT2D eigenvalue weighted by Gasteiger charge is 2.31. The van der Waals surface area contributed by atoms with Gasteiger partial charge in [0.1, 0.15) is 0 Å². The summed E-state index contributed by atoms with van der Waals surface area (Å²) in [4.78, 5) is 24.4. The molecule has 2 heterocycles. The van der Waals surface area contributed by atoms with Crippen molar-refractivity contribution in [2.45, 2.75) is 31.3 Å². The normalized spacial score (nSPS) is 22.9. The van der Waals surface area contributed by atoms with Crippen molar-refractivity contribution in [1.82, 2.24) is 4.90 Å². The lowest BCUT2D eigenvalue weighted by Gasteiger charge is -2.36. The lowest BCUT2D eigenvalue weighted by atomic mass is 9.86. The number of primary amides is 1. The van der Waals surface area contributed by atoms with E-state index in [4.69, 9.17) is 15.2 Å². The molecule has 2 aliphatic heterocycles. The van der Waals surface area contributed by atoms with Gasteiger partial charge < -0.3 is 25.2 Å². The fraction of sp³-hybridized carbons (Fsp3) is 0.500. The number of hydrogen-bond donors (Lipinski definition) is 2. The molecule has 0 aromatic heterocycles. The number of amides is 2. The summed E-state index contributed by atoms with van der Waals surface area (Å²) in [5, 5.41) is 10.4. The zero-order valence-electron chi connectivity index (χ0n) is 12.7. The zero-order chi connectivity index (χ0) is 16.4. The molecule has 2 amide bonds. The van der Waals surface area contributed by atoms with Crippen molar-refractivity contribution in [3.05, 3.63) is 23.8 Å². The second-order valence-electron chi connectivity index (χ2n) is 5.88. The SMILES string of the molecule is NC(=O)CCC(=O)N1CC[C@H](c2ccc3c(c2)OCO3)[C@@H](O)C1. The van der Waals surface area contributed by atoms with Gasteiger partial charge in [-0.05, 0) is 24.1 Å². The third-order valence-electron chi connectivity index (χ3n) is 4.34. The van der Waals surface area contributed by atoms with Gasteiger partial charge in [-0.1, -0.05) is 6.07 Å². The minimum atomic E-state index is -0.651. The molecule has 3 rings (SSSR count). The first kappa shape index (κ1) is 15.6. The van der Waals surface area contributed by atoms with E-state index in [1.807, 2.05) is 18.2 Å². The highest BCUT2D eigenvalue weighted by Crippen LogP contribution is 2.37. The van der Waals surface area contributed by atoms with Crippen LogP contribution in [0.1, 0.15) is 30.7 Å². The summed E-state index contributed by atoms with van der Waals surface area (Å²) in [5.74, 6) is 0.711. The highest BCUT2D eigenvalue weighted by atomic mass is 16.7. The van der Waals surface area contributed by atoms with Crippen LogP contribution in [0.2, 0.25) is 0 Å². The second-order valence-corrected chi connectivity index (χ2v) is 5.88. The molecule has 0 saturated carbocycles. The molecule has 0 spiro atoms. The summed E-state index contributed by atoms with van der Waals surface area (Å²) < 4.78 is 10.7. The average molecular weight is 320 g/mol. The van der Waals surface area contributed by atoms with Crippen LogP contribution in [0.4, 0.5) is 0 Å². The summed E-state index contributed by atoms with van der Waals surface area (Å²) in [7, 11) is 0. The van der Waals surface area contributed by atoms with E-state index in [1.54, 1.807) is 4.90 Å². The minimum absolute atomic E-state index is 0.0387. The van der Waals surface area contributed by atoms with Crippen molar-refractivity contribution in [3.8, 4) is 11.5 Å². The molecule has 2 aliphatic rings. The lowest BCUT2D eigenvalue weighted by molar-refractivity contribution is -0.136. The molecule has 1 fully saturated rings. The van der Waals surface area contributed by atoms with E-state index in [0.717, 1.165) is 5.56 Å². The molecule has 1 aromatic carbocycles. The molecule has 3 N–H and O–H groups in total. The Balaban J connectivity index is 1.62. The van der Waals surface area contributed by atoms with E-state index >= 15 is 0 Å². The topological polar surface area (TPSA) is 102 Å². The van der Waals surface area contributed by atoms with Crippen LogP contribution in [-0.4, -0.2) is 47.8 Å². The maximum Gasteiger partial charge on any atom is 0.231 e. The largest absolute Gasteiger partial charge is 0.454 e. The Morgan fingerprint density at radius 3 is 2.78 bits per heavy atom. The summed E-state index contributed by atoms with van der Waals surface area (Å²) in [6.45, 7) is 1.03. The van der Waals surface area contributed by atoms with Crippen LogP contribution in [0.15, 0.2) is 18.2 Å². The monoisotopic (exact) mass is 320 g/mol. The molecule has 7 nitrogen and oxygen atoms in total. The van der Waals surface area contributed by atoms with Gasteiger partial charge in [0.15, 0.2) is 11.5 Å². The van der Waals surface area contributed by atoms with Gasteiger partial charge in [0.2, 0.25) is 18.6 Å². The number of fused-ring (bicyclic) bond motifs is 1. The Bertz CT molecular complexity index is 618. The molecular weight excluding hydrogens is 300 g/mol. The number of aliphatic hydroxyl groups excluding tert-OH is 1. The number of β-amino-alcohol motifs (C(OH)–C–C–N with tert-alkyl or cyclic N) is 1. The van der Waals surface area contributed by atoms with Gasteiger partial charge in [-0.15, -0.1) is 0 Å². The summed E-state index contributed by atoms with van der Waals surface area (Å²) in [6, 6.07) is 5.65. The molecule has 1 aromatic rings. The minimum Gasteiger partial charge on any atom is -0.454 e. The number of aliphatic hydroxyl groups is 1. The number of benzene rings is 1. The zero-order valence-corrected chi connectivity index (χ0v) is 12.7. The van der Waals surface area contributed by atoms with E-state index in [2.05, 4.69) is 0 Å². The first-order valence-electron chi connectivity index (χ1n) is 7.68. The van der Waals surface area contributed by atoms with Crippen molar-refractivity contribution in [2.24, 2.45) is 5.73 Å². The predicted octanol–water partition coefficient (Wildman–Crippen LogP) is 0.358. The maximum absolute atomic E-state index is 12.0. The van der Waals surface area contributed by atoms with Crippen LogP contribution in [-0.2, 0) is 9.59 Å². The average Bonchev–Trinajstić information content (AvgIpc) is 2.99. The van der Waals surface area contributed by atoms with Crippen molar-refractivity contribution in [1.29, 1.82) is 0 Å². The quantitative estimate of drug-likeness (QED) is 0.834. The highest BCUT2D eigenvalue weighted by molar-refractivity contribution is 5.83. The Kier molecular flexibility index (Phi) is 4.38. The number of nitrogens with two attached hydrogens (primary N) is 1. The second kappa shape index (κ2) is 6.45. The molecule has 124 valence electrons. The van der Waals surface area contributed by atoms with Crippen molar-refractivity contribution in [3.63, 3.8) is 0 Å². The van der Waals surface area contributed by atoms with Gasteiger partial charge in [-0.3, -0.25) is 9.59 Å². The van der Waals surface area contributed by atoms with Crippen LogP contribution in [0.3, 0.4) is 0 Å². The number of carbonyl (C=O) groups is 2. The molecule has 0 radical (unpaired) electrons. The number of ether oxygens (including phenoxy) is 2. The van der Waals surface area contributed by atoms with Crippen LogP contribution in [0, 0.1) is 0 Å². The van der Waals surface area contributed by atoms with Gasteiger partial charge in [-0.2, -0.15) is 0 Å². The molecule has 0 bridgehead atoms. The number of hydrogen-bond acceptors (Lipinski definition) is 5. The van der Waals surface area contributed by atoms with Gasteiger partial charge in [0.25, 0.3) is 0 Å². The van der Waals surface area contributed by atoms with Crippen LogP contribution in [0.25, 0.3) is 0 Å². The van der Waals surface area contributed by atoms with E-state index < -0.39 is 12.0 Å². The molecular formula is C16H20N2O5. The first-order chi connectivity index (χ1) is 11.0. The maximum atomic E-state index is 12.0. The van der Waals surface area contributed by atoms with E-state index in [1.165, 1.54) is 0 Å². The van der Waals surface area contributed by atoms with Crippen molar-refractivity contribution >= 4 is 11.8 Å². The predicted molar refractivity (Wildman–Crippen MR) is 80.9 cm³/mol. The number of rotatable bonds is 4. The van der Waals surface area contributed by atoms with Crippen LogP contribution < -0.4 is 15.2 Å². The molecule has 23 heavy (non-hydrogen) atoms. The molecule has 2 atom stereocenters. The van der Waals surface area contributed by atoms with Crippen LogP contribution >= 0.6 is 0 Å². The van der Waals surface area contributed by atoms with E-state index in [-0.39, 0.29) is 38.0 Å². The Hall–Kier alpha value is -2.28. The smallest absolute Gasteiger partial charge is 0.231 e. The van der Waals surface area contributed by atoms with Crippen LogP contribution in [0.5, 0.6) is 11.5 Å². The Morgan fingerprint density at radius 2 is 2.04 bits per heavy atom. The number of carbonyl (C=O) groups excluding carboxylic acids is 2. The van der Waals surface area contributed by atoms with Gasteiger partial charge in [0.05, 0.1) is 6.10 Å². The number of likely N-dealkylation sites (tertiary alicyclic amines) is 1. The third-order valence-corrected chi connectivity index (χ3v) is 4.34.